The van der Waals surface area contributed by atoms with Gasteiger partial charge < -0.3 is 47.0 Å². The van der Waals surface area contributed by atoms with Crippen LogP contribution in [0.3, 0.4) is 0 Å². The Morgan fingerprint density at radius 2 is 1.04 bits per heavy atom. The van der Waals surface area contributed by atoms with Gasteiger partial charge in [-0.1, -0.05) is 71.7 Å². The lowest BCUT2D eigenvalue weighted by atomic mass is 9.85. The van der Waals surface area contributed by atoms with Crippen LogP contribution in [-0.4, -0.2) is 65.5 Å². The van der Waals surface area contributed by atoms with Crippen molar-refractivity contribution in [2.75, 3.05) is 21.3 Å². The Morgan fingerprint density at radius 1 is 0.608 bits per heavy atom. The number of nitrogens with one attached hydrogen (secondary N) is 7. The fraction of sp³-hybridized carbons (Fsp3) is 0.291. The highest BCUT2D eigenvalue weighted by atomic mass is 35.5. The molecule has 8 aromatic rings. The van der Waals surface area contributed by atoms with E-state index in [0.717, 1.165) is 88.5 Å². The zero-order valence-electron chi connectivity index (χ0n) is 41.2. The van der Waals surface area contributed by atoms with Gasteiger partial charge in [-0.3, -0.25) is 9.59 Å². The number of nitrogens with zero attached hydrogens (tertiary/aromatic N) is 4. The molecule has 0 spiro atoms. The summed E-state index contributed by atoms with van der Waals surface area (Å²) in [5.74, 6) is 0.723. The smallest absolute Gasteiger partial charge is 0.407 e. The standard InChI is InChI=1S/C30H33ClN6O3.C25H25ClN6O.ClH/c1-30(2,3)40-29(39)36-19-13-11-18(12-14-19)27(38)34-20-7-6-8-21(15-20)35-28-33-17-24(31)26(37-28)23-16-32-25-10-5-4-9-22(23)25;26-21-14-29-25(32-23(21)20-13-28-22-7-2-1-6-19(20)22)31-18-5-3-4-17(12-18)30-24(33)15-8-10-16(27)11-9-15;/h4-10,15-19,32H,11-14H2,1-3H3,(H,34,38)(H,36,39)(H,33,35,37);1-7,12-16,28H,8-11,27H2,(H,30,33)(H,29,31,32);1H. The van der Waals surface area contributed by atoms with Crippen molar-refractivity contribution in [2.24, 2.45) is 17.6 Å². The first-order valence-corrected chi connectivity index (χ1v) is 25.3. The van der Waals surface area contributed by atoms with Crippen molar-refractivity contribution in [3.8, 4) is 22.5 Å². The van der Waals surface area contributed by atoms with Crippen LogP contribution in [0.1, 0.15) is 72.1 Å². The van der Waals surface area contributed by atoms with Crippen LogP contribution in [0.2, 0.25) is 10.0 Å². The molecule has 0 atom stereocenters. The van der Waals surface area contributed by atoms with Gasteiger partial charge in [0.1, 0.15) is 5.60 Å². The summed E-state index contributed by atoms with van der Waals surface area (Å²) < 4.78 is 5.34. The number of alkyl carbamates (subject to hydrolysis) is 1. The highest BCUT2D eigenvalue weighted by Crippen LogP contribution is 2.35. The topological polar surface area (TPSA) is 230 Å². The molecule has 4 aromatic heterocycles. The zero-order chi connectivity index (χ0) is 51.1. The second kappa shape index (κ2) is 23.7. The number of carbonyl (C=O) groups excluding carboxylic acids is 3. The van der Waals surface area contributed by atoms with Crippen LogP contribution in [0.15, 0.2) is 122 Å². The van der Waals surface area contributed by atoms with Gasteiger partial charge in [-0.2, -0.15) is 0 Å². The normalized spacial score (nSPS) is 17.5. The number of ether oxygens (including phenoxy) is 1. The van der Waals surface area contributed by atoms with Gasteiger partial charge in [-0.25, -0.2) is 24.7 Å². The van der Waals surface area contributed by atoms with Crippen LogP contribution in [-0.2, 0) is 14.3 Å². The Kier molecular flexibility index (Phi) is 17.0. The minimum Gasteiger partial charge on any atom is -0.444 e. The third-order valence-electron chi connectivity index (χ3n) is 12.9. The number of para-hydroxylation sites is 2. The number of H-pyrrole nitrogens is 2. The second-order valence-electron chi connectivity index (χ2n) is 19.5. The Hall–Kier alpha value is -7.24. The minimum atomic E-state index is -0.538. The Labute approximate surface area is 445 Å². The van der Waals surface area contributed by atoms with Gasteiger partial charge in [0.05, 0.1) is 33.8 Å². The molecule has 3 amide bonds. The van der Waals surface area contributed by atoms with E-state index in [4.69, 9.17) is 33.7 Å². The molecule has 19 heteroatoms. The summed E-state index contributed by atoms with van der Waals surface area (Å²) in [6.07, 6.45) is 12.8. The molecule has 2 fully saturated rings. The van der Waals surface area contributed by atoms with E-state index in [1.807, 2.05) is 130 Å². The SMILES string of the molecule is CC(C)(C)OC(=O)NC1CCC(C(=O)Nc2cccc(Nc3ncc(Cl)c(-c4c[nH]c5ccccc45)n3)c2)CC1.Cl.NC1CCC(C(=O)Nc2cccc(Nc3ncc(Cl)c(-c4c[nH]c5ccccc45)n3)c2)CC1. The summed E-state index contributed by atoms with van der Waals surface area (Å²) in [4.78, 5) is 62.2. The molecule has 0 unspecified atom stereocenters. The maximum Gasteiger partial charge on any atom is 0.407 e. The van der Waals surface area contributed by atoms with E-state index < -0.39 is 11.7 Å². The summed E-state index contributed by atoms with van der Waals surface area (Å²) in [7, 11) is 0. The molecule has 74 heavy (non-hydrogen) atoms. The number of nitrogens with two attached hydrogens (primary N) is 1. The molecule has 4 heterocycles. The van der Waals surface area contributed by atoms with Crippen molar-refractivity contribution >= 4 is 110 Å². The first kappa shape index (κ1) is 53.1. The van der Waals surface area contributed by atoms with Crippen molar-refractivity contribution in [1.82, 2.24) is 35.2 Å². The molecule has 9 N–H and O–H groups in total. The molecule has 384 valence electrons. The third kappa shape index (κ3) is 13.5. The monoisotopic (exact) mass is 1060 g/mol. The number of fused-ring (bicyclic) bond motifs is 2. The van der Waals surface area contributed by atoms with Crippen LogP contribution in [0.5, 0.6) is 0 Å². The average molecular weight is 1060 g/mol. The second-order valence-corrected chi connectivity index (χ2v) is 20.3. The summed E-state index contributed by atoms with van der Waals surface area (Å²) in [6, 6.07) is 31.1. The van der Waals surface area contributed by atoms with E-state index in [1.165, 1.54) is 0 Å². The number of carbonyl (C=O) groups is 3. The number of benzene rings is 4. The first-order valence-electron chi connectivity index (χ1n) is 24.5. The maximum absolute atomic E-state index is 13.0. The van der Waals surface area contributed by atoms with E-state index >= 15 is 0 Å². The van der Waals surface area contributed by atoms with Gasteiger partial charge in [0.25, 0.3) is 0 Å². The molecule has 2 saturated carbocycles. The summed E-state index contributed by atoms with van der Waals surface area (Å²) in [5.41, 5.74) is 13.4. The lowest BCUT2D eigenvalue weighted by Gasteiger charge is -2.29. The van der Waals surface area contributed by atoms with E-state index in [-0.39, 0.29) is 48.1 Å². The number of halogens is 3. The molecule has 0 radical (unpaired) electrons. The quantitative estimate of drug-likeness (QED) is 0.0607. The molecule has 2 aliphatic rings. The Morgan fingerprint density at radius 3 is 1.50 bits per heavy atom. The molecular weight excluding hydrogens is 999 g/mol. The van der Waals surface area contributed by atoms with Crippen molar-refractivity contribution in [3.63, 3.8) is 0 Å². The largest absolute Gasteiger partial charge is 0.444 e. The van der Waals surface area contributed by atoms with E-state index in [9.17, 15) is 14.4 Å². The van der Waals surface area contributed by atoms with Gasteiger partial charge >= 0.3 is 6.09 Å². The fourth-order valence-corrected chi connectivity index (χ4v) is 9.60. The highest BCUT2D eigenvalue weighted by molar-refractivity contribution is 6.33. The number of rotatable bonds is 11. The lowest BCUT2D eigenvalue weighted by Crippen LogP contribution is -2.42. The van der Waals surface area contributed by atoms with Gasteiger partial charge in [0.15, 0.2) is 0 Å². The molecular formula is C55H59Cl3N12O4. The van der Waals surface area contributed by atoms with Crippen LogP contribution < -0.4 is 32.3 Å². The van der Waals surface area contributed by atoms with Crippen LogP contribution >= 0.6 is 35.6 Å². The number of hydrogen-bond acceptors (Lipinski definition) is 11. The fourth-order valence-electron chi connectivity index (χ4n) is 9.22. The molecule has 10 rings (SSSR count). The third-order valence-corrected chi connectivity index (χ3v) is 13.5. The molecule has 2 aliphatic carbocycles. The van der Waals surface area contributed by atoms with Crippen molar-refractivity contribution in [3.05, 3.63) is 132 Å². The molecule has 4 aromatic carbocycles. The lowest BCUT2D eigenvalue weighted by molar-refractivity contribution is -0.121. The predicted octanol–water partition coefficient (Wildman–Crippen LogP) is 12.9. The number of hydrogen-bond donors (Lipinski definition) is 8. The van der Waals surface area contributed by atoms with E-state index in [2.05, 4.69) is 56.5 Å². The van der Waals surface area contributed by atoms with Gasteiger partial charge in [0, 0.05) is 92.0 Å². The Bertz CT molecular complexity index is 3250. The van der Waals surface area contributed by atoms with E-state index in [1.54, 1.807) is 12.4 Å². The van der Waals surface area contributed by atoms with Crippen molar-refractivity contribution in [2.45, 2.75) is 89.8 Å². The summed E-state index contributed by atoms with van der Waals surface area (Å²) in [6.45, 7) is 5.51. The maximum atomic E-state index is 13.0. The zero-order valence-corrected chi connectivity index (χ0v) is 43.5. The highest BCUT2D eigenvalue weighted by Gasteiger charge is 2.29. The summed E-state index contributed by atoms with van der Waals surface area (Å²) >= 11 is 12.9. The van der Waals surface area contributed by atoms with Crippen molar-refractivity contribution < 1.29 is 19.1 Å². The number of anilines is 6. The molecule has 0 bridgehead atoms. The minimum absolute atomic E-state index is 0. The van der Waals surface area contributed by atoms with Gasteiger partial charge in [0.2, 0.25) is 23.7 Å². The van der Waals surface area contributed by atoms with E-state index in [0.29, 0.717) is 51.9 Å². The van der Waals surface area contributed by atoms with Crippen molar-refractivity contribution in [1.29, 1.82) is 0 Å². The van der Waals surface area contributed by atoms with Gasteiger partial charge in [-0.05, 0) is 121 Å². The van der Waals surface area contributed by atoms with Crippen LogP contribution in [0.25, 0.3) is 44.3 Å². The van der Waals surface area contributed by atoms with Crippen LogP contribution in [0, 0.1) is 11.8 Å². The average Bonchev–Trinajstić information content (AvgIpc) is 4.01. The number of aromatic nitrogens is 6. The summed E-state index contributed by atoms with van der Waals surface area (Å²) in [5, 5.41) is 18.4. The van der Waals surface area contributed by atoms with Gasteiger partial charge in [-0.15, -0.1) is 12.4 Å². The predicted molar refractivity (Wildman–Crippen MR) is 298 cm³/mol. The number of aromatic amines is 2. The first-order chi connectivity index (χ1) is 35.2. The number of amides is 3. The van der Waals surface area contributed by atoms with Crippen LogP contribution in [0.4, 0.5) is 39.4 Å². The molecule has 0 aliphatic heterocycles. The molecule has 16 nitrogen and oxygen atoms in total. The Balaban J connectivity index is 0.000000198. The molecule has 0 saturated heterocycles.